The first-order chi connectivity index (χ1) is 9.97. The molecule has 0 aromatic carbocycles. The van der Waals surface area contributed by atoms with Gasteiger partial charge in [0.05, 0.1) is 6.61 Å². The summed E-state index contributed by atoms with van der Waals surface area (Å²) in [5.41, 5.74) is -0.830. The molecule has 0 aromatic rings. The maximum atomic E-state index is 5.78. The van der Waals surface area contributed by atoms with Gasteiger partial charge in [0.15, 0.2) is 17.5 Å². The van der Waals surface area contributed by atoms with E-state index in [4.69, 9.17) is 30.1 Å². The quantitative estimate of drug-likeness (QED) is 0.435. The van der Waals surface area contributed by atoms with E-state index in [2.05, 4.69) is 17.8 Å². The molecule has 3 atom stereocenters. The van der Waals surface area contributed by atoms with E-state index < -0.39 is 17.7 Å². The van der Waals surface area contributed by atoms with E-state index in [1.54, 1.807) is 0 Å². The van der Waals surface area contributed by atoms with Crippen molar-refractivity contribution in [3.8, 4) is 24.2 Å². The van der Waals surface area contributed by atoms with Gasteiger partial charge < -0.3 is 23.7 Å². The summed E-state index contributed by atoms with van der Waals surface area (Å²) >= 11 is 0. The van der Waals surface area contributed by atoms with Crippen LogP contribution in [0.1, 0.15) is 27.7 Å². The summed E-state index contributed by atoms with van der Waals surface area (Å²) in [6.07, 6.45) is 4.36. The highest BCUT2D eigenvalue weighted by atomic mass is 16.8. The van der Waals surface area contributed by atoms with Crippen molar-refractivity contribution >= 4 is 0 Å². The molecule has 0 spiro atoms. The molecule has 2 rings (SSSR count). The SMILES string of the molecule is C#C[C@]1([C@H]2COC(C)(C)O2)O[C@H]1C#CC(OCC)OCC. The fourth-order valence-electron chi connectivity index (χ4n) is 2.22. The van der Waals surface area contributed by atoms with E-state index in [9.17, 15) is 0 Å². The van der Waals surface area contributed by atoms with E-state index in [-0.39, 0.29) is 12.2 Å². The molecule has 2 fully saturated rings. The van der Waals surface area contributed by atoms with E-state index in [1.807, 2.05) is 27.7 Å². The van der Waals surface area contributed by atoms with Gasteiger partial charge in [0.2, 0.25) is 6.29 Å². The normalized spacial score (nSPS) is 33.3. The van der Waals surface area contributed by atoms with Crippen molar-refractivity contribution in [2.75, 3.05) is 19.8 Å². The Bertz CT molecular complexity index is 463. The van der Waals surface area contributed by atoms with Gasteiger partial charge in [-0.05, 0) is 33.6 Å². The third-order valence-electron chi connectivity index (χ3n) is 3.33. The van der Waals surface area contributed by atoms with E-state index in [1.165, 1.54) is 0 Å². The van der Waals surface area contributed by atoms with Gasteiger partial charge in [-0.1, -0.05) is 11.8 Å². The van der Waals surface area contributed by atoms with Crippen molar-refractivity contribution in [2.45, 2.75) is 57.6 Å². The zero-order valence-corrected chi connectivity index (χ0v) is 13.0. The van der Waals surface area contributed by atoms with Crippen LogP contribution in [0.5, 0.6) is 0 Å². The molecule has 2 heterocycles. The van der Waals surface area contributed by atoms with E-state index >= 15 is 0 Å². The van der Waals surface area contributed by atoms with Gasteiger partial charge in [0.25, 0.3) is 0 Å². The lowest BCUT2D eigenvalue weighted by molar-refractivity contribution is -0.143. The van der Waals surface area contributed by atoms with Gasteiger partial charge in [-0.3, -0.25) is 0 Å². The molecule has 2 saturated heterocycles. The Kier molecular flexibility index (Phi) is 4.93. The van der Waals surface area contributed by atoms with Crippen molar-refractivity contribution in [1.82, 2.24) is 0 Å². The van der Waals surface area contributed by atoms with E-state index in [0.29, 0.717) is 19.8 Å². The molecule has 21 heavy (non-hydrogen) atoms. The second-order valence-corrected chi connectivity index (χ2v) is 5.28. The standard InChI is InChI=1S/C16H22O5/c1-6-16(13-11-19-15(4,5)20-13)12(21-16)9-10-14(17-7-2)18-8-3/h1,12-14H,7-8,11H2,2-5H3/t12-,13+,16-/m0/s1. The van der Waals surface area contributed by atoms with Gasteiger partial charge in [-0.2, -0.15) is 0 Å². The molecule has 0 aromatic heterocycles. The Hall–Kier alpha value is -1.08. The zero-order valence-electron chi connectivity index (χ0n) is 13.0. The summed E-state index contributed by atoms with van der Waals surface area (Å²) in [5, 5.41) is 0. The van der Waals surface area contributed by atoms with E-state index in [0.717, 1.165) is 0 Å². The molecule has 0 radical (unpaired) electrons. The Morgan fingerprint density at radius 2 is 1.90 bits per heavy atom. The zero-order chi connectivity index (χ0) is 15.5. The highest BCUT2D eigenvalue weighted by Crippen LogP contribution is 2.44. The topological polar surface area (TPSA) is 49.5 Å². The smallest absolute Gasteiger partial charge is 0.222 e. The first kappa shape index (κ1) is 16.3. The maximum absolute atomic E-state index is 5.78. The second-order valence-electron chi connectivity index (χ2n) is 5.28. The lowest BCUT2D eigenvalue weighted by atomic mass is 10.00. The number of hydrogen-bond acceptors (Lipinski definition) is 5. The molecular weight excluding hydrogens is 272 g/mol. The second kappa shape index (κ2) is 6.36. The number of terminal acetylenes is 1. The van der Waals surface area contributed by atoms with Crippen LogP contribution in [-0.4, -0.2) is 49.7 Å². The van der Waals surface area contributed by atoms with Crippen LogP contribution >= 0.6 is 0 Å². The molecule has 2 aliphatic heterocycles. The van der Waals surface area contributed by atoms with Crippen LogP contribution in [0.25, 0.3) is 0 Å². The molecule has 0 N–H and O–H groups in total. The molecule has 0 aliphatic carbocycles. The average molecular weight is 294 g/mol. The summed E-state index contributed by atoms with van der Waals surface area (Å²) in [7, 11) is 0. The predicted molar refractivity (Wildman–Crippen MR) is 76.2 cm³/mol. The number of rotatable bonds is 5. The van der Waals surface area contributed by atoms with Gasteiger partial charge in [-0.25, -0.2) is 0 Å². The number of hydrogen-bond donors (Lipinski definition) is 0. The largest absolute Gasteiger partial charge is 0.348 e. The minimum atomic E-state index is -0.830. The first-order valence-electron chi connectivity index (χ1n) is 7.19. The predicted octanol–water partition coefficient (Wildman–Crippen LogP) is 1.31. The molecule has 5 nitrogen and oxygen atoms in total. The summed E-state index contributed by atoms with van der Waals surface area (Å²) in [4.78, 5) is 0. The lowest BCUT2D eigenvalue weighted by Crippen LogP contribution is -2.34. The summed E-state index contributed by atoms with van der Waals surface area (Å²) in [5.74, 6) is 7.89. The minimum Gasteiger partial charge on any atom is -0.348 e. The number of epoxide rings is 1. The van der Waals surface area contributed by atoms with Gasteiger partial charge >= 0.3 is 0 Å². The van der Waals surface area contributed by atoms with Crippen molar-refractivity contribution < 1.29 is 23.7 Å². The van der Waals surface area contributed by atoms with Crippen molar-refractivity contribution in [3.05, 3.63) is 0 Å². The van der Waals surface area contributed by atoms with Crippen molar-refractivity contribution in [2.24, 2.45) is 0 Å². The summed E-state index contributed by atoms with van der Waals surface area (Å²) in [6.45, 7) is 8.92. The van der Waals surface area contributed by atoms with Crippen LogP contribution in [0.2, 0.25) is 0 Å². The molecule has 0 amide bonds. The monoisotopic (exact) mass is 294 g/mol. The maximum Gasteiger partial charge on any atom is 0.222 e. The third-order valence-corrected chi connectivity index (χ3v) is 3.33. The molecule has 5 heteroatoms. The fraction of sp³-hybridized carbons (Fsp3) is 0.750. The summed E-state index contributed by atoms with van der Waals surface area (Å²) < 4.78 is 27.7. The molecule has 0 saturated carbocycles. The van der Waals surface area contributed by atoms with Crippen LogP contribution in [0.15, 0.2) is 0 Å². The highest BCUT2D eigenvalue weighted by molar-refractivity contribution is 5.35. The van der Waals surface area contributed by atoms with Crippen LogP contribution in [0.3, 0.4) is 0 Å². The fourth-order valence-corrected chi connectivity index (χ4v) is 2.22. The van der Waals surface area contributed by atoms with Gasteiger partial charge in [0.1, 0.15) is 6.10 Å². The summed E-state index contributed by atoms with van der Waals surface area (Å²) in [6, 6.07) is 0. The molecular formula is C16H22O5. The highest BCUT2D eigenvalue weighted by Gasteiger charge is 2.64. The Morgan fingerprint density at radius 1 is 1.24 bits per heavy atom. The molecule has 2 aliphatic rings. The first-order valence-corrected chi connectivity index (χ1v) is 7.19. The average Bonchev–Trinajstić information content (AvgIpc) is 3.05. The molecule has 0 unspecified atom stereocenters. The van der Waals surface area contributed by atoms with Crippen LogP contribution < -0.4 is 0 Å². The molecule has 116 valence electrons. The Labute approximate surface area is 126 Å². The van der Waals surface area contributed by atoms with Crippen molar-refractivity contribution in [1.29, 1.82) is 0 Å². The number of ether oxygens (including phenoxy) is 5. The lowest BCUT2D eigenvalue weighted by Gasteiger charge is -2.18. The van der Waals surface area contributed by atoms with Crippen molar-refractivity contribution in [3.63, 3.8) is 0 Å². The van der Waals surface area contributed by atoms with Crippen LogP contribution in [0.4, 0.5) is 0 Å². The van der Waals surface area contributed by atoms with Gasteiger partial charge in [0, 0.05) is 13.2 Å². The van der Waals surface area contributed by atoms with Crippen LogP contribution in [0, 0.1) is 24.2 Å². The molecule has 0 bridgehead atoms. The van der Waals surface area contributed by atoms with Gasteiger partial charge in [-0.15, -0.1) is 6.42 Å². The van der Waals surface area contributed by atoms with Crippen LogP contribution in [-0.2, 0) is 23.7 Å². The Morgan fingerprint density at radius 3 is 2.38 bits per heavy atom. The Balaban J connectivity index is 2.00. The third kappa shape index (κ3) is 3.58. The minimum absolute atomic E-state index is 0.311.